The maximum Gasteiger partial charge on any atom is 0.305 e. The molecule has 0 spiro atoms. The Balaban J connectivity index is 1.14. The summed E-state index contributed by atoms with van der Waals surface area (Å²) in [7, 11) is 0. The van der Waals surface area contributed by atoms with Crippen molar-refractivity contribution in [1.82, 2.24) is 57.2 Å². The highest BCUT2D eigenvalue weighted by Crippen LogP contribution is 2.32. The molecule has 548 valence electrons. The summed E-state index contributed by atoms with van der Waals surface area (Å²) in [5.74, 6) is -13.6. The molecule has 0 radical (unpaired) electrons. The van der Waals surface area contributed by atoms with Crippen LogP contribution in [0.1, 0.15) is 121 Å². The minimum Gasteiger partial charge on any atom is -0.494 e. The van der Waals surface area contributed by atoms with E-state index in [4.69, 9.17) is 10.5 Å². The number of hydrogen-bond donors (Lipinski definition) is 13. The number of para-hydroxylation sites is 1. The van der Waals surface area contributed by atoms with E-state index < -0.39 is 181 Å². The molecule has 6 aromatic rings. The van der Waals surface area contributed by atoms with E-state index in [-0.39, 0.29) is 30.8 Å². The Bertz CT molecular complexity index is 3820. The van der Waals surface area contributed by atoms with E-state index in [1.807, 2.05) is 37.3 Å². The lowest BCUT2D eigenvalue weighted by Gasteiger charge is -2.33. The third kappa shape index (κ3) is 24.2. The van der Waals surface area contributed by atoms with Crippen LogP contribution in [0, 0.1) is 28.5 Å². The number of anilines is 1. The lowest BCUT2D eigenvalue weighted by atomic mass is 9.76. The minimum absolute atomic E-state index is 0.00390. The number of nitrogens with zero attached hydrogens (tertiary/aromatic N) is 4. The predicted octanol–water partition coefficient (Wildman–Crippen LogP) is 3.09. The first kappa shape index (κ1) is 80.7. The van der Waals surface area contributed by atoms with Crippen LogP contribution in [0.2, 0.25) is 0 Å². The first-order valence-corrected chi connectivity index (χ1v) is 33.7. The van der Waals surface area contributed by atoms with Crippen molar-refractivity contribution >= 4 is 70.2 Å². The number of unbranched alkanes of at least 4 members (excludes halogenated alkanes) is 1. The number of benzene rings is 4. The number of aryl methyl sites for hydroxylation is 1. The second-order valence-electron chi connectivity index (χ2n) is 26.0. The fourth-order valence-corrected chi connectivity index (χ4v) is 11.3. The number of carboxylic acids is 1. The molecule has 2 heterocycles. The van der Waals surface area contributed by atoms with Crippen LogP contribution in [0.3, 0.4) is 0 Å². The number of imidazole rings is 1. The van der Waals surface area contributed by atoms with Crippen LogP contribution >= 0.6 is 0 Å². The number of amides is 6. The molecule has 29 nitrogen and oxygen atoms in total. The highest BCUT2D eigenvalue weighted by molar-refractivity contribution is 6.06. The number of ketones is 4. The van der Waals surface area contributed by atoms with Gasteiger partial charge in [0.05, 0.1) is 61.6 Å². The summed E-state index contributed by atoms with van der Waals surface area (Å²) in [6.45, 7) is 8.36. The van der Waals surface area contributed by atoms with Crippen molar-refractivity contribution < 1.29 is 82.3 Å². The van der Waals surface area contributed by atoms with Crippen LogP contribution in [-0.2, 0) is 84.8 Å². The molecule has 9 atom stereocenters. The number of carbonyl (C=O) groups is 11. The highest BCUT2D eigenvalue weighted by Gasteiger charge is 2.43. The Morgan fingerprint density at radius 1 is 0.696 bits per heavy atom. The van der Waals surface area contributed by atoms with Gasteiger partial charge in [0.1, 0.15) is 29.1 Å². The number of aliphatic carboxylic acids is 1. The first-order valence-electron chi connectivity index (χ1n) is 33.7. The van der Waals surface area contributed by atoms with E-state index in [0.29, 0.717) is 37.2 Å². The largest absolute Gasteiger partial charge is 0.494 e. The average molecular weight is 1410 g/mol. The number of halogens is 1. The number of carboxylic acid groups (broad SMARTS) is 1. The van der Waals surface area contributed by atoms with E-state index in [1.54, 1.807) is 48.7 Å². The monoisotopic (exact) mass is 1410 g/mol. The number of aliphatic hydroxyl groups excluding tert-OH is 3. The van der Waals surface area contributed by atoms with Gasteiger partial charge in [-0.05, 0) is 124 Å². The van der Waals surface area contributed by atoms with Crippen molar-refractivity contribution in [3.63, 3.8) is 0 Å². The van der Waals surface area contributed by atoms with Crippen molar-refractivity contribution in [3.8, 4) is 16.9 Å². The van der Waals surface area contributed by atoms with Crippen molar-refractivity contribution in [3.05, 3.63) is 144 Å². The Morgan fingerprint density at radius 2 is 1.38 bits per heavy atom. The SMILES string of the molecule is CCc1cc(OCCCCN)ccc1-c1ccc(C[C@H](CC(=O)[C@H](CC(=O)O)NC(=O)[C@H](CO)CC(=O)[C@@H](NC(=O)[C@@](C)(CC(=O)[C@@H](NC(=O)CCC(=O)[C@H](Cc2nn[nH]n2)NC(=O)C(C)(C)C(=O)NCCc2cnc[nH]2)[C@@H](C)O)Cc2ccccc2F)[C@@H](C)O)C(=O)Nc2ccccc2)cc1. The van der Waals surface area contributed by atoms with Crippen LogP contribution in [-0.4, -0.2) is 178 Å². The fraction of sp³-hybridized carbons (Fsp3) is 0.458. The van der Waals surface area contributed by atoms with E-state index in [1.165, 1.54) is 45.3 Å². The van der Waals surface area contributed by atoms with Crippen LogP contribution < -0.4 is 42.4 Å². The minimum atomic E-state index is -2.07. The zero-order valence-electron chi connectivity index (χ0n) is 58.0. The maximum atomic E-state index is 15.5. The number of nitrogens with two attached hydrogens (primary N) is 1. The number of aromatic nitrogens is 6. The van der Waals surface area contributed by atoms with Crippen LogP contribution in [0.4, 0.5) is 10.1 Å². The van der Waals surface area contributed by atoms with E-state index in [0.717, 1.165) is 60.9 Å². The summed E-state index contributed by atoms with van der Waals surface area (Å²) in [4.78, 5) is 159. The molecule has 0 aliphatic carbocycles. The molecular formula is C72H92FN13O16. The molecule has 0 saturated carbocycles. The zero-order valence-corrected chi connectivity index (χ0v) is 58.0. The Hall–Kier alpha value is -10.3. The molecule has 6 amide bonds. The molecule has 0 aliphatic rings. The Labute approximate surface area is 589 Å². The summed E-state index contributed by atoms with van der Waals surface area (Å²) in [6.07, 6.45) is -3.13. The van der Waals surface area contributed by atoms with E-state index in [2.05, 4.69) is 62.5 Å². The molecule has 0 bridgehead atoms. The molecule has 6 rings (SSSR count). The maximum absolute atomic E-state index is 15.5. The van der Waals surface area contributed by atoms with Gasteiger partial charge in [-0.15, -0.1) is 10.2 Å². The molecule has 30 heteroatoms. The lowest BCUT2D eigenvalue weighted by Crippen LogP contribution is -2.55. The number of rotatable bonds is 44. The number of tetrazole rings is 1. The first-order chi connectivity index (χ1) is 48.5. The smallest absolute Gasteiger partial charge is 0.305 e. The molecule has 14 N–H and O–H groups in total. The number of H-pyrrole nitrogens is 2. The van der Waals surface area contributed by atoms with Crippen molar-refractivity contribution in [2.45, 2.75) is 161 Å². The standard InChI is InChI=1S/C72H92FN13O16/c1-7-45-32-52(102-30-14-13-28-74)23-24-53(45)46-21-19-44(20-22-46)31-48(66(97)78-50-16-9-8-10-17-50)33-58(91)56(36-63(95)96)79-67(98)49(40-87)34-59(92)64(42(2)88)82-70(101)72(6,37-47-15-11-12-18-54(47)73)38-60(93)65(43(3)89)81-62(94)26-25-57(90)55(35-61-83-85-86-84-61)80-69(100)71(4,5)68(99)76-29-27-51-39-75-41-77-51/h8-12,15-24,32,39,41-43,48-49,55-56,64-65,87-89H,7,13-14,25-31,33-38,40,74H2,1-6H3,(H,75,77)(H,76,99)(H,78,97)(H,79,98)(H,80,100)(H,81,94)(H,82,101)(H,95,96)(H,83,84,85,86)/t42-,43-,48-,49+,55+,56+,64+,65+,72-/m1/s1. The number of hydrogen-bond acceptors (Lipinski definition) is 20. The summed E-state index contributed by atoms with van der Waals surface area (Å²) in [6, 6.07) is 19.9. The Kier molecular flexibility index (Phi) is 30.9. The number of aromatic amines is 2. The second-order valence-corrected chi connectivity index (χ2v) is 26.0. The summed E-state index contributed by atoms with van der Waals surface area (Å²) in [5, 5.41) is 71.3. The molecular weight excluding hydrogens is 1320 g/mol. The molecule has 0 aliphatic heterocycles. The third-order valence-electron chi connectivity index (χ3n) is 17.4. The summed E-state index contributed by atoms with van der Waals surface area (Å²) >= 11 is 0. The Morgan fingerprint density at radius 3 is 2.01 bits per heavy atom. The van der Waals surface area contributed by atoms with Gasteiger partial charge in [-0.3, -0.25) is 52.7 Å². The number of Topliss-reactive ketones (excluding diaryl/α,β-unsaturated/α-hetero) is 4. The van der Waals surface area contributed by atoms with Gasteiger partial charge in [0.15, 0.2) is 29.0 Å². The van der Waals surface area contributed by atoms with Gasteiger partial charge < -0.3 is 67.8 Å². The fourth-order valence-electron chi connectivity index (χ4n) is 11.3. The number of aliphatic hydroxyl groups is 3. The molecule has 0 fully saturated rings. The predicted molar refractivity (Wildman–Crippen MR) is 370 cm³/mol. The second kappa shape index (κ2) is 39.1. The summed E-state index contributed by atoms with van der Waals surface area (Å²) in [5.41, 5.74) is 6.38. The van der Waals surface area contributed by atoms with E-state index in [9.17, 15) is 73.2 Å². The average Bonchev–Trinajstić information content (AvgIpc) is 0.917. The van der Waals surface area contributed by atoms with Gasteiger partial charge >= 0.3 is 5.97 Å². The normalized spacial score (nSPS) is 14.3. The molecule has 4 aromatic carbocycles. The van der Waals surface area contributed by atoms with E-state index >= 15 is 4.39 Å². The van der Waals surface area contributed by atoms with Crippen LogP contribution in [0.15, 0.2) is 110 Å². The number of ether oxygens (including phenoxy) is 1. The van der Waals surface area contributed by atoms with Gasteiger partial charge in [0.2, 0.25) is 35.4 Å². The van der Waals surface area contributed by atoms with Crippen LogP contribution in [0.5, 0.6) is 5.75 Å². The van der Waals surface area contributed by atoms with Gasteiger partial charge in [-0.25, -0.2) is 9.37 Å². The topological polar surface area (TPSA) is 459 Å². The van der Waals surface area contributed by atoms with Gasteiger partial charge in [-0.2, -0.15) is 5.21 Å². The quantitative estimate of drug-likeness (QED) is 0.0193. The van der Waals surface area contributed by atoms with Crippen molar-refractivity contribution in [2.75, 3.05) is 31.6 Å². The van der Waals surface area contributed by atoms with Gasteiger partial charge in [0, 0.05) is 75.0 Å². The molecule has 2 aromatic heterocycles. The lowest BCUT2D eigenvalue weighted by molar-refractivity contribution is -0.143. The van der Waals surface area contributed by atoms with Gasteiger partial charge in [0.25, 0.3) is 0 Å². The van der Waals surface area contributed by atoms with Gasteiger partial charge in [-0.1, -0.05) is 85.8 Å². The molecule has 0 unspecified atom stereocenters. The zero-order chi connectivity index (χ0) is 74.7. The van der Waals surface area contributed by atoms with Crippen molar-refractivity contribution in [1.29, 1.82) is 0 Å². The molecule has 102 heavy (non-hydrogen) atoms. The number of carbonyl (C=O) groups excluding carboxylic acids is 10. The molecule has 0 saturated heterocycles. The number of nitrogens with one attached hydrogen (secondary N) is 8. The summed E-state index contributed by atoms with van der Waals surface area (Å²) < 4.78 is 21.4. The highest BCUT2D eigenvalue weighted by atomic mass is 19.1. The third-order valence-corrected chi connectivity index (χ3v) is 17.4. The van der Waals surface area contributed by atoms with Crippen molar-refractivity contribution in [2.24, 2.45) is 28.4 Å². The van der Waals surface area contributed by atoms with Crippen LogP contribution in [0.25, 0.3) is 11.1 Å².